The van der Waals surface area contributed by atoms with Crippen molar-refractivity contribution in [3.63, 3.8) is 0 Å². The number of benzene rings is 1. The first kappa shape index (κ1) is 18.1. The molecule has 0 saturated heterocycles. The molecular weight excluding hydrogens is 343 g/mol. The highest BCUT2D eigenvalue weighted by molar-refractivity contribution is 6.31. The van der Waals surface area contributed by atoms with Crippen molar-refractivity contribution in [1.82, 2.24) is 10.3 Å². The van der Waals surface area contributed by atoms with Gasteiger partial charge in [0.05, 0.1) is 28.8 Å². The Morgan fingerprint density at radius 2 is 2.08 bits per heavy atom. The maximum atomic E-state index is 12.9. The molecule has 128 valence electrons. The lowest BCUT2D eigenvalue weighted by atomic mass is 10.2. The van der Waals surface area contributed by atoms with Gasteiger partial charge in [0, 0.05) is 12.1 Å². The third-order valence-corrected chi connectivity index (χ3v) is 3.31. The van der Waals surface area contributed by atoms with Crippen LogP contribution in [0.2, 0.25) is 5.02 Å². The molecule has 8 heteroatoms. The fraction of sp³-hybridized carbons (Fsp3) is 0.250. The minimum absolute atomic E-state index is 0.00576. The van der Waals surface area contributed by atoms with Crippen LogP contribution in [0.3, 0.4) is 0 Å². The Labute approximate surface area is 142 Å². The van der Waals surface area contributed by atoms with Crippen molar-refractivity contribution >= 4 is 23.6 Å². The molecule has 2 rings (SSSR count). The molecule has 0 spiro atoms. The summed E-state index contributed by atoms with van der Waals surface area (Å²) >= 11 is 5.58. The number of aromatic nitrogens is 1. The molecule has 0 aliphatic carbocycles. The van der Waals surface area contributed by atoms with Crippen molar-refractivity contribution in [1.29, 1.82) is 0 Å². The minimum atomic E-state index is -4.55. The Hall–Kier alpha value is -2.28. The van der Waals surface area contributed by atoms with Gasteiger partial charge in [-0.1, -0.05) is 11.6 Å². The summed E-state index contributed by atoms with van der Waals surface area (Å²) in [6.45, 7) is 4.41. The molecule has 0 unspecified atom stereocenters. The number of pyridine rings is 1. The molecule has 1 N–H and O–H groups in total. The summed E-state index contributed by atoms with van der Waals surface area (Å²) in [5.41, 5.74) is 0.295. The molecule has 1 aromatic carbocycles. The van der Waals surface area contributed by atoms with E-state index in [1.165, 1.54) is 12.3 Å². The number of aryl methyl sites for hydroxylation is 1. The van der Waals surface area contributed by atoms with Gasteiger partial charge in [0.2, 0.25) is 5.88 Å². The summed E-state index contributed by atoms with van der Waals surface area (Å²) < 4.78 is 44.1. The van der Waals surface area contributed by atoms with Crippen LogP contribution >= 0.6 is 11.6 Å². The monoisotopic (exact) mass is 357 g/mol. The molecule has 0 fully saturated rings. The van der Waals surface area contributed by atoms with Crippen LogP contribution in [0.1, 0.15) is 18.1 Å². The minimum Gasteiger partial charge on any atom is -0.439 e. The number of nitrogens with zero attached hydrogens (tertiary/aromatic N) is 2. The van der Waals surface area contributed by atoms with E-state index < -0.39 is 11.7 Å². The van der Waals surface area contributed by atoms with Crippen molar-refractivity contribution < 1.29 is 17.9 Å². The van der Waals surface area contributed by atoms with Crippen molar-refractivity contribution in [2.75, 3.05) is 6.54 Å². The normalized spacial score (nSPS) is 11.8. The summed E-state index contributed by atoms with van der Waals surface area (Å²) in [7, 11) is 0. The van der Waals surface area contributed by atoms with Crippen LogP contribution in [0.15, 0.2) is 35.5 Å². The number of ether oxygens (including phenoxy) is 1. The number of alkyl halides is 3. The summed E-state index contributed by atoms with van der Waals surface area (Å²) in [4.78, 5) is 8.23. The zero-order chi connectivity index (χ0) is 17.7. The van der Waals surface area contributed by atoms with Crippen molar-refractivity contribution in [3.05, 3.63) is 46.6 Å². The van der Waals surface area contributed by atoms with E-state index >= 15 is 0 Å². The third-order valence-electron chi connectivity index (χ3n) is 2.98. The van der Waals surface area contributed by atoms with Crippen molar-refractivity contribution in [3.8, 4) is 11.6 Å². The van der Waals surface area contributed by atoms with Crippen LogP contribution in [-0.4, -0.2) is 17.9 Å². The highest BCUT2D eigenvalue weighted by Gasteiger charge is 2.33. The molecule has 0 aliphatic rings. The number of nitrogens with one attached hydrogen (secondary N) is 1. The Kier molecular flexibility index (Phi) is 5.66. The van der Waals surface area contributed by atoms with E-state index in [2.05, 4.69) is 15.3 Å². The molecule has 0 atom stereocenters. The second-order valence-corrected chi connectivity index (χ2v) is 5.28. The molecular formula is C16H15ClF3N3O. The van der Waals surface area contributed by atoms with Gasteiger partial charge in [-0.3, -0.25) is 0 Å². The van der Waals surface area contributed by atoms with E-state index in [0.717, 1.165) is 18.7 Å². The Bertz CT molecular complexity index is 748. The molecule has 24 heavy (non-hydrogen) atoms. The molecule has 0 saturated carbocycles. The smallest absolute Gasteiger partial charge is 0.417 e. The first-order valence-corrected chi connectivity index (χ1v) is 7.46. The first-order valence-electron chi connectivity index (χ1n) is 7.08. The van der Waals surface area contributed by atoms with Gasteiger partial charge in [0.15, 0.2) is 0 Å². The van der Waals surface area contributed by atoms with E-state index in [-0.39, 0.29) is 16.7 Å². The largest absolute Gasteiger partial charge is 0.439 e. The summed E-state index contributed by atoms with van der Waals surface area (Å²) in [5.74, 6) is 0.207. The summed E-state index contributed by atoms with van der Waals surface area (Å²) in [6, 6.07) is 5.07. The Balaban J connectivity index is 2.22. The standard InChI is InChI=1S/C16H15ClF3N3O/c1-3-21-9-23-11-6-10(2)15(22-8-11)24-12-4-5-14(17)13(7-12)16(18,19)20/h4-9H,3H2,1-2H3,(H,21,23). The van der Waals surface area contributed by atoms with Crippen LogP contribution in [0.4, 0.5) is 18.9 Å². The molecule has 2 aromatic rings. The predicted octanol–water partition coefficient (Wildman–Crippen LogP) is 5.12. The van der Waals surface area contributed by atoms with Crippen molar-refractivity contribution in [2.45, 2.75) is 20.0 Å². The number of hydrogen-bond donors (Lipinski definition) is 1. The number of rotatable bonds is 5. The van der Waals surface area contributed by atoms with Crippen LogP contribution < -0.4 is 10.1 Å². The SMILES string of the molecule is CCN/C=N/c1cnc(Oc2ccc(Cl)c(C(F)(F)F)c2)c(C)c1. The lowest BCUT2D eigenvalue weighted by molar-refractivity contribution is -0.137. The van der Waals surface area contributed by atoms with Gasteiger partial charge in [-0.15, -0.1) is 0 Å². The molecule has 4 nitrogen and oxygen atoms in total. The van der Waals surface area contributed by atoms with Gasteiger partial charge in [-0.25, -0.2) is 9.98 Å². The molecule has 0 amide bonds. The van der Waals surface area contributed by atoms with E-state index in [4.69, 9.17) is 16.3 Å². The maximum absolute atomic E-state index is 12.9. The Morgan fingerprint density at radius 3 is 2.71 bits per heavy atom. The second-order valence-electron chi connectivity index (χ2n) is 4.87. The summed E-state index contributed by atoms with van der Waals surface area (Å²) in [6.07, 6.45) is -1.54. The van der Waals surface area contributed by atoms with E-state index in [1.54, 1.807) is 19.3 Å². The van der Waals surface area contributed by atoms with Crippen LogP contribution in [0, 0.1) is 6.92 Å². The average molecular weight is 358 g/mol. The highest BCUT2D eigenvalue weighted by Crippen LogP contribution is 2.37. The van der Waals surface area contributed by atoms with Gasteiger partial charge in [-0.05, 0) is 38.1 Å². The van der Waals surface area contributed by atoms with Gasteiger partial charge < -0.3 is 10.1 Å². The first-order chi connectivity index (χ1) is 11.3. The molecule has 0 bridgehead atoms. The average Bonchev–Trinajstić information content (AvgIpc) is 2.51. The van der Waals surface area contributed by atoms with E-state index in [1.807, 2.05) is 6.92 Å². The van der Waals surface area contributed by atoms with Crippen LogP contribution in [0.25, 0.3) is 0 Å². The number of halogens is 4. The fourth-order valence-corrected chi connectivity index (χ4v) is 2.06. The lowest BCUT2D eigenvalue weighted by Gasteiger charge is -2.12. The van der Waals surface area contributed by atoms with Crippen molar-refractivity contribution in [2.24, 2.45) is 4.99 Å². The number of hydrogen-bond acceptors (Lipinski definition) is 3. The van der Waals surface area contributed by atoms with E-state index in [0.29, 0.717) is 11.3 Å². The van der Waals surface area contributed by atoms with Crippen LogP contribution in [0.5, 0.6) is 11.6 Å². The predicted molar refractivity (Wildman–Crippen MR) is 87.3 cm³/mol. The molecule has 0 radical (unpaired) electrons. The van der Waals surface area contributed by atoms with Gasteiger partial charge >= 0.3 is 6.18 Å². The van der Waals surface area contributed by atoms with E-state index in [9.17, 15) is 13.2 Å². The molecule has 1 heterocycles. The topological polar surface area (TPSA) is 46.5 Å². The van der Waals surface area contributed by atoms with Gasteiger partial charge in [-0.2, -0.15) is 13.2 Å². The zero-order valence-corrected chi connectivity index (χ0v) is 13.7. The van der Waals surface area contributed by atoms with Crippen LogP contribution in [-0.2, 0) is 6.18 Å². The molecule has 1 aromatic heterocycles. The van der Waals surface area contributed by atoms with Gasteiger partial charge in [0.1, 0.15) is 5.75 Å². The third kappa shape index (κ3) is 4.61. The summed E-state index contributed by atoms with van der Waals surface area (Å²) in [5, 5.41) is 2.54. The highest BCUT2D eigenvalue weighted by atomic mass is 35.5. The quantitative estimate of drug-likeness (QED) is 0.596. The number of aliphatic imine (C=N–C) groups is 1. The maximum Gasteiger partial charge on any atom is 0.417 e. The zero-order valence-electron chi connectivity index (χ0n) is 13.0. The second kappa shape index (κ2) is 7.53. The Morgan fingerprint density at radius 1 is 1.33 bits per heavy atom. The lowest BCUT2D eigenvalue weighted by Crippen LogP contribution is -2.08. The molecule has 0 aliphatic heterocycles. The fourth-order valence-electron chi connectivity index (χ4n) is 1.83. The van der Waals surface area contributed by atoms with Gasteiger partial charge in [0.25, 0.3) is 0 Å².